The van der Waals surface area contributed by atoms with Gasteiger partial charge >= 0.3 is 0 Å². The number of hydrogen-bond acceptors (Lipinski definition) is 3. The first-order chi connectivity index (χ1) is 10.7. The zero-order valence-corrected chi connectivity index (χ0v) is 14.1. The highest BCUT2D eigenvalue weighted by Crippen LogP contribution is 2.15. The maximum absolute atomic E-state index is 9.95. The van der Waals surface area contributed by atoms with E-state index < -0.39 is 0 Å². The lowest BCUT2D eigenvalue weighted by Crippen LogP contribution is -2.19. The van der Waals surface area contributed by atoms with E-state index in [2.05, 4.69) is 12.2 Å². The Labute approximate surface area is 135 Å². The Bertz CT molecular complexity index is 364. The van der Waals surface area contributed by atoms with E-state index in [9.17, 15) is 10.2 Å². The van der Waals surface area contributed by atoms with Crippen LogP contribution in [0.15, 0.2) is 24.3 Å². The Morgan fingerprint density at radius 1 is 0.864 bits per heavy atom. The van der Waals surface area contributed by atoms with E-state index in [1.54, 1.807) is 12.1 Å². The van der Waals surface area contributed by atoms with Gasteiger partial charge in [0, 0.05) is 12.2 Å². The number of aliphatic hydroxyl groups excluding tert-OH is 1. The molecular formula is C19H33NO2. The lowest BCUT2D eigenvalue weighted by atomic mass is 10.1. The van der Waals surface area contributed by atoms with Crippen molar-refractivity contribution < 1.29 is 10.2 Å². The van der Waals surface area contributed by atoms with Crippen LogP contribution in [0.4, 0.5) is 5.69 Å². The molecule has 0 spiro atoms. The standard InChI is InChI=1S/C19H33NO2/c1-2-3-4-5-6-7-8-9-10-11-19(22)16-20-17-12-14-18(21)15-13-17/h12-15,19-22H,2-11,16H2,1H3. The van der Waals surface area contributed by atoms with E-state index in [-0.39, 0.29) is 11.9 Å². The summed E-state index contributed by atoms with van der Waals surface area (Å²) in [4.78, 5) is 0. The van der Waals surface area contributed by atoms with E-state index in [1.807, 2.05) is 12.1 Å². The molecule has 1 atom stereocenters. The molecule has 3 nitrogen and oxygen atoms in total. The van der Waals surface area contributed by atoms with Crippen LogP contribution in [0.2, 0.25) is 0 Å². The average molecular weight is 307 g/mol. The molecule has 3 heteroatoms. The van der Waals surface area contributed by atoms with E-state index in [0.29, 0.717) is 6.54 Å². The number of aromatic hydroxyl groups is 1. The lowest BCUT2D eigenvalue weighted by molar-refractivity contribution is 0.173. The minimum Gasteiger partial charge on any atom is -0.508 e. The quantitative estimate of drug-likeness (QED) is 0.351. The largest absolute Gasteiger partial charge is 0.508 e. The fourth-order valence-corrected chi connectivity index (χ4v) is 2.61. The molecule has 0 saturated heterocycles. The number of hydrogen-bond donors (Lipinski definition) is 3. The first kappa shape index (κ1) is 18.8. The molecule has 0 bridgehead atoms. The summed E-state index contributed by atoms with van der Waals surface area (Å²) in [6, 6.07) is 6.94. The van der Waals surface area contributed by atoms with E-state index >= 15 is 0 Å². The predicted molar refractivity (Wildman–Crippen MR) is 94.4 cm³/mol. The molecule has 0 heterocycles. The monoisotopic (exact) mass is 307 g/mol. The summed E-state index contributed by atoms with van der Waals surface area (Å²) in [5, 5.41) is 22.3. The summed E-state index contributed by atoms with van der Waals surface area (Å²) in [6.45, 7) is 2.82. The Kier molecular flexibility index (Phi) is 10.6. The molecule has 0 fully saturated rings. The predicted octanol–water partition coefficient (Wildman–Crippen LogP) is 5.09. The summed E-state index contributed by atoms with van der Waals surface area (Å²) in [5.41, 5.74) is 0.934. The summed E-state index contributed by atoms with van der Waals surface area (Å²) < 4.78 is 0. The molecule has 0 saturated carbocycles. The second-order valence-corrected chi connectivity index (χ2v) is 6.20. The van der Waals surface area contributed by atoms with E-state index in [0.717, 1.165) is 18.5 Å². The Morgan fingerprint density at radius 2 is 1.41 bits per heavy atom. The van der Waals surface area contributed by atoms with Crippen LogP contribution in [0, 0.1) is 0 Å². The average Bonchev–Trinajstić information content (AvgIpc) is 2.53. The van der Waals surface area contributed by atoms with Crippen LogP contribution in [-0.2, 0) is 0 Å². The molecule has 0 amide bonds. The number of rotatable bonds is 13. The zero-order chi connectivity index (χ0) is 16.0. The molecule has 1 aromatic carbocycles. The molecule has 1 aromatic rings. The van der Waals surface area contributed by atoms with E-state index in [1.165, 1.54) is 51.4 Å². The van der Waals surface area contributed by atoms with Crippen LogP contribution >= 0.6 is 0 Å². The highest BCUT2D eigenvalue weighted by molar-refractivity contribution is 5.45. The number of nitrogens with one attached hydrogen (secondary N) is 1. The van der Waals surface area contributed by atoms with Gasteiger partial charge in [-0.2, -0.15) is 0 Å². The third kappa shape index (κ3) is 9.67. The smallest absolute Gasteiger partial charge is 0.115 e. The molecule has 1 unspecified atom stereocenters. The van der Waals surface area contributed by atoms with Crippen LogP contribution in [0.1, 0.15) is 71.1 Å². The van der Waals surface area contributed by atoms with Crippen molar-refractivity contribution in [1.29, 1.82) is 0 Å². The first-order valence-electron chi connectivity index (χ1n) is 8.93. The second kappa shape index (κ2) is 12.3. The fourth-order valence-electron chi connectivity index (χ4n) is 2.61. The number of anilines is 1. The van der Waals surface area contributed by atoms with E-state index in [4.69, 9.17) is 0 Å². The lowest BCUT2D eigenvalue weighted by Gasteiger charge is -2.12. The van der Waals surface area contributed by atoms with Crippen molar-refractivity contribution in [2.45, 2.75) is 77.2 Å². The van der Waals surface area contributed by atoms with Gasteiger partial charge in [0.2, 0.25) is 0 Å². The van der Waals surface area contributed by atoms with Gasteiger partial charge in [-0.05, 0) is 30.7 Å². The van der Waals surface area contributed by atoms with Crippen molar-refractivity contribution >= 4 is 5.69 Å². The van der Waals surface area contributed by atoms with Crippen LogP contribution in [0.3, 0.4) is 0 Å². The molecule has 22 heavy (non-hydrogen) atoms. The molecule has 126 valence electrons. The summed E-state index contributed by atoms with van der Waals surface area (Å²) in [7, 11) is 0. The molecule has 0 radical (unpaired) electrons. The van der Waals surface area contributed by atoms with Crippen molar-refractivity contribution in [1.82, 2.24) is 0 Å². The van der Waals surface area contributed by atoms with Crippen molar-refractivity contribution in [2.75, 3.05) is 11.9 Å². The number of benzene rings is 1. The second-order valence-electron chi connectivity index (χ2n) is 6.20. The van der Waals surface area contributed by atoms with Crippen molar-refractivity contribution in [3.63, 3.8) is 0 Å². The molecule has 0 aromatic heterocycles. The van der Waals surface area contributed by atoms with Crippen molar-refractivity contribution in [3.8, 4) is 5.75 Å². The van der Waals surface area contributed by atoms with Crippen LogP contribution < -0.4 is 5.32 Å². The Hall–Kier alpha value is -1.22. The van der Waals surface area contributed by atoms with Crippen molar-refractivity contribution in [2.24, 2.45) is 0 Å². The van der Waals surface area contributed by atoms with Crippen LogP contribution in [0.5, 0.6) is 5.75 Å². The number of unbranched alkanes of at least 4 members (excludes halogenated alkanes) is 8. The van der Waals surface area contributed by atoms with Gasteiger partial charge in [-0.1, -0.05) is 64.7 Å². The summed E-state index contributed by atoms with van der Waals surface area (Å²) in [6.07, 6.45) is 12.4. The minimum atomic E-state index is -0.293. The Morgan fingerprint density at radius 3 is 2.00 bits per heavy atom. The summed E-state index contributed by atoms with van der Waals surface area (Å²) >= 11 is 0. The number of phenols is 1. The molecular weight excluding hydrogens is 274 g/mol. The van der Waals surface area contributed by atoms with Crippen molar-refractivity contribution in [3.05, 3.63) is 24.3 Å². The zero-order valence-electron chi connectivity index (χ0n) is 14.1. The molecule has 1 rings (SSSR count). The number of aliphatic hydroxyl groups is 1. The minimum absolute atomic E-state index is 0.265. The first-order valence-corrected chi connectivity index (χ1v) is 8.93. The fraction of sp³-hybridized carbons (Fsp3) is 0.684. The topological polar surface area (TPSA) is 52.5 Å². The van der Waals surface area contributed by atoms with Gasteiger partial charge in [-0.25, -0.2) is 0 Å². The third-order valence-corrected chi connectivity index (χ3v) is 4.05. The van der Waals surface area contributed by atoms with Crippen LogP contribution in [-0.4, -0.2) is 22.9 Å². The van der Waals surface area contributed by atoms with Gasteiger partial charge in [-0.15, -0.1) is 0 Å². The highest BCUT2D eigenvalue weighted by atomic mass is 16.3. The molecule has 3 N–H and O–H groups in total. The maximum Gasteiger partial charge on any atom is 0.115 e. The summed E-state index contributed by atoms with van der Waals surface area (Å²) in [5.74, 6) is 0.265. The van der Waals surface area contributed by atoms with Gasteiger partial charge < -0.3 is 15.5 Å². The normalized spacial score (nSPS) is 12.3. The van der Waals surface area contributed by atoms with Gasteiger partial charge in [0.25, 0.3) is 0 Å². The Balaban J connectivity index is 1.93. The molecule has 0 aliphatic heterocycles. The maximum atomic E-state index is 9.95. The van der Waals surface area contributed by atoms with Gasteiger partial charge in [0.15, 0.2) is 0 Å². The van der Waals surface area contributed by atoms with Gasteiger partial charge in [0.05, 0.1) is 6.10 Å². The number of phenolic OH excluding ortho intramolecular Hbond substituents is 1. The molecule has 0 aliphatic carbocycles. The molecule has 0 aliphatic rings. The van der Waals surface area contributed by atoms with Gasteiger partial charge in [-0.3, -0.25) is 0 Å². The third-order valence-electron chi connectivity index (χ3n) is 4.05. The SMILES string of the molecule is CCCCCCCCCCCC(O)CNc1ccc(O)cc1. The van der Waals surface area contributed by atoms with Crippen LogP contribution in [0.25, 0.3) is 0 Å². The van der Waals surface area contributed by atoms with Gasteiger partial charge in [0.1, 0.15) is 5.75 Å². The highest BCUT2D eigenvalue weighted by Gasteiger charge is 2.03.